The molecule has 1 saturated carbocycles. The van der Waals surface area contributed by atoms with Gasteiger partial charge in [0.15, 0.2) is 0 Å². The van der Waals surface area contributed by atoms with Crippen molar-refractivity contribution < 1.29 is 19.1 Å². The molecule has 2 rings (SSSR count). The second-order valence-electron chi connectivity index (χ2n) is 7.20. The molecule has 2 N–H and O–H groups in total. The summed E-state index contributed by atoms with van der Waals surface area (Å²) in [6.07, 6.45) is 1.15. The van der Waals surface area contributed by atoms with Crippen LogP contribution in [0, 0.1) is 11.3 Å². The fourth-order valence-electron chi connectivity index (χ4n) is 3.40. The van der Waals surface area contributed by atoms with Crippen LogP contribution in [0.15, 0.2) is 0 Å². The molecule has 0 aromatic carbocycles. The zero-order valence-electron chi connectivity index (χ0n) is 13.3. The van der Waals surface area contributed by atoms with Crippen molar-refractivity contribution in [1.29, 1.82) is 0 Å². The van der Waals surface area contributed by atoms with Gasteiger partial charge in [0.1, 0.15) is 5.60 Å². The zero-order chi connectivity index (χ0) is 15.8. The molecule has 0 bridgehead atoms. The summed E-state index contributed by atoms with van der Waals surface area (Å²) < 4.78 is 10.6. The van der Waals surface area contributed by atoms with Gasteiger partial charge in [-0.2, -0.15) is 0 Å². The van der Waals surface area contributed by atoms with E-state index in [1.165, 1.54) is 0 Å². The van der Waals surface area contributed by atoms with E-state index in [2.05, 4.69) is 0 Å². The van der Waals surface area contributed by atoms with Crippen LogP contribution in [0.1, 0.15) is 40.5 Å². The minimum Gasteiger partial charge on any atom is -0.466 e. The van der Waals surface area contributed by atoms with Crippen molar-refractivity contribution in [1.82, 2.24) is 4.90 Å². The first-order chi connectivity index (χ1) is 9.67. The highest BCUT2D eigenvalue weighted by atomic mass is 16.6. The smallest absolute Gasteiger partial charge is 0.410 e. The van der Waals surface area contributed by atoms with Crippen molar-refractivity contribution in [3.63, 3.8) is 0 Å². The Hall–Kier alpha value is -1.30. The summed E-state index contributed by atoms with van der Waals surface area (Å²) >= 11 is 0. The zero-order valence-corrected chi connectivity index (χ0v) is 13.3. The van der Waals surface area contributed by atoms with Gasteiger partial charge in [-0.3, -0.25) is 4.79 Å². The maximum Gasteiger partial charge on any atom is 0.410 e. The van der Waals surface area contributed by atoms with Crippen LogP contribution in [0.25, 0.3) is 0 Å². The van der Waals surface area contributed by atoms with Gasteiger partial charge < -0.3 is 20.1 Å². The van der Waals surface area contributed by atoms with Crippen molar-refractivity contribution in [2.45, 2.75) is 52.2 Å². The van der Waals surface area contributed by atoms with Crippen LogP contribution in [0.5, 0.6) is 0 Å². The largest absolute Gasteiger partial charge is 0.466 e. The Morgan fingerprint density at radius 1 is 1.33 bits per heavy atom. The van der Waals surface area contributed by atoms with Gasteiger partial charge in [0.25, 0.3) is 0 Å². The Morgan fingerprint density at radius 3 is 2.43 bits per heavy atom. The molecule has 21 heavy (non-hydrogen) atoms. The normalized spacial score (nSPS) is 32.0. The molecule has 0 aromatic rings. The predicted octanol–water partition coefficient (Wildman–Crippen LogP) is 1.52. The maximum atomic E-state index is 12.2. The lowest BCUT2D eigenvalue weighted by Gasteiger charge is -2.46. The Bertz CT molecular complexity index is 424. The third-order valence-corrected chi connectivity index (χ3v) is 4.21. The van der Waals surface area contributed by atoms with Gasteiger partial charge in [0.05, 0.1) is 12.5 Å². The monoisotopic (exact) mass is 298 g/mol. The minimum absolute atomic E-state index is 0.112. The topological polar surface area (TPSA) is 81.9 Å². The lowest BCUT2D eigenvalue weighted by molar-refractivity contribution is -0.153. The number of rotatable bonds is 2. The quantitative estimate of drug-likeness (QED) is 0.782. The van der Waals surface area contributed by atoms with Crippen molar-refractivity contribution >= 4 is 12.1 Å². The average Bonchev–Trinajstić information content (AvgIpc) is 2.67. The number of amides is 1. The van der Waals surface area contributed by atoms with Gasteiger partial charge in [-0.1, -0.05) is 0 Å². The van der Waals surface area contributed by atoms with Crippen LogP contribution in [0.4, 0.5) is 4.79 Å². The van der Waals surface area contributed by atoms with E-state index in [4.69, 9.17) is 15.2 Å². The van der Waals surface area contributed by atoms with Crippen molar-refractivity contribution in [3.05, 3.63) is 0 Å². The van der Waals surface area contributed by atoms with Gasteiger partial charge in [0.2, 0.25) is 0 Å². The molecule has 0 aromatic heterocycles. The standard InChI is InChI=1S/C15H26N2O4/c1-5-20-12(18)11-8-17(13(19)21-14(2,3)4)9-15(11)6-10(16)7-15/h10-11H,5-9,16H2,1-4H3. The van der Waals surface area contributed by atoms with E-state index < -0.39 is 5.60 Å². The average molecular weight is 298 g/mol. The number of hydrogen-bond acceptors (Lipinski definition) is 5. The Labute approximate surface area is 125 Å². The molecule has 1 aliphatic carbocycles. The first kappa shape index (κ1) is 16.1. The van der Waals surface area contributed by atoms with E-state index in [1.54, 1.807) is 11.8 Å². The molecule has 1 unspecified atom stereocenters. The molecule has 1 amide bonds. The summed E-state index contributed by atoms with van der Waals surface area (Å²) in [6, 6.07) is 0.112. The Morgan fingerprint density at radius 2 is 1.95 bits per heavy atom. The summed E-state index contributed by atoms with van der Waals surface area (Å²) in [5, 5.41) is 0. The predicted molar refractivity (Wildman–Crippen MR) is 77.6 cm³/mol. The maximum absolute atomic E-state index is 12.2. The fraction of sp³-hybridized carbons (Fsp3) is 0.867. The van der Waals surface area contributed by atoms with Crippen LogP contribution < -0.4 is 5.73 Å². The molecule has 0 radical (unpaired) electrons. The van der Waals surface area contributed by atoms with Crippen molar-refractivity contribution in [2.75, 3.05) is 19.7 Å². The van der Waals surface area contributed by atoms with E-state index >= 15 is 0 Å². The lowest BCUT2D eigenvalue weighted by atomic mass is 9.60. The highest BCUT2D eigenvalue weighted by molar-refractivity contribution is 5.77. The van der Waals surface area contributed by atoms with Gasteiger partial charge in [-0.05, 0) is 40.5 Å². The third-order valence-electron chi connectivity index (χ3n) is 4.21. The van der Waals surface area contributed by atoms with Crippen LogP contribution in [0.3, 0.4) is 0 Å². The molecule has 1 aliphatic heterocycles. The molecule has 1 heterocycles. The Balaban J connectivity index is 2.08. The number of esters is 1. The number of hydrogen-bond donors (Lipinski definition) is 1. The van der Waals surface area contributed by atoms with Crippen LogP contribution in [-0.2, 0) is 14.3 Å². The lowest BCUT2D eigenvalue weighted by Crippen LogP contribution is -2.52. The van der Waals surface area contributed by atoms with E-state index in [0.717, 1.165) is 12.8 Å². The number of carbonyl (C=O) groups excluding carboxylic acids is 2. The molecular formula is C15H26N2O4. The van der Waals surface area contributed by atoms with E-state index in [0.29, 0.717) is 19.7 Å². The molecule has 2 aliphatic rings. The van der Waals surface area contributed by atoms with Crippen LogP contribution >= 0.6 is 0 Å². The van der Waals surface area contributed by atoms with Crippen LogP contribution in [0.2, 0.25) is 0 Å². The Kier molecular flexibility index (Phi) is 4.19. The molecule has 1 saturated heterocycles. The number of ether oxygens (including phenoxy) is 2. The SMILES string of the molecule is CCOC(=O)C1CN(C(=O)OC(C)(C)C)CC12CC(N)C2. The van der Waals surface area contributed by atoms with Crippen molar-refractivity contribution in [3.8, 4) is 0 Å². The number of nitrogens with zero attached hydrogens (tertiary/aromatic N) is 1. The number of likely N-dealkylation sites (tertiary alicyclic amines) is 1. The van der Waals surface area contributed by atoms with Crippen molar-refractivity contribution in [2.24, 2.45) is 17.1 Å². The fourth-order valence-corrected chi connectivity index (χ4v) is 3.40. The van der Waals surface area contributed by atoms with E-state index in [9.17, 15) is 9.59 Å². The number of carbonyl (C=O) groups is 2. The summed E-state index contributed by atoms with van der Waals surface area (Å²) in [5.74, 6) is -0.514. The molecule has 1 spiro atoms. The highest BCUT2D eigenvalue weighted by Gasteiger charge is 2.58. The molecular weight excluding hydrogens is 272 g/mol. The molecule has 6 heteroatoms. The molecule has 2 fully saturated rings. The van der Waals surface area contributed by atoms with Gasteiger partial charge >= 0.3 is 12.1 Å². The molecule has 120 valence electrons. The molecule has 1 atom stereocenters. The van der Waals surface area contributed by atoms with Gasteiger partial charge in [0, 0.05) is 24.5 Å². The number of nitrogens with two attached hydrogens (primary N) is 1. The van der Waals surface area contributed by atoms with E-state index in [-0.39, 0.29) is 29.4 Å². The van der Waals surface area contributed by atoms with E-state index in [1.807, 2.05) is 20.8 Å². The highest BCUT2D eigenvalue weighted by Crippen LogP contribution is 2.51. The van der Waals surface area contributed by atoms with Gasteiger partial charge in [-0.25, -0.2) is 4.79 Å². The van der Waals surface area contributed by atoms with Gasteiger partial charge in [-0.15, -0.1) is 0 Å². The summed E-state index contributed by atoms with van der Waals surface area (Å²) in [5.41, 5.74) is 5.15. The summed E-state index contributed by atoms with van der Waals surface area (Å²) in [4.78, 5) is 26.0. The van der Waals surface area contributed by atoms with Crippen LogP contribution in [-0.4, -0.2) is 48.3 Å². The summed E-state index contributed by atoms with van der Waals surface area (Å²) in [6.45, 7) is 8.53. The third kappa shape index (κ3) is 3.31. The first-order valence-electron chi connectivity index (χ1n) is 7.57. The second-order valence-corrected chi connectivity index (χ2v) is 7.20. The second kappa shape index (κ2) is 5.48. The molecule has 6 nitrogen and oxygen atoms in total. The minimum atomic E-state index is -0.539. The first-order valence-corrected chi connectivity index (χ1v) is 7.57. The summed E-state index contributed by atoms with van der Waals surface area (Å²) in [7, 11) is 0.